The van der Waals surface area contributed by atoms with Gasteiger partial charge in [-0.3, -0.25) is 4.79 Å². The summed E-state index contributed by atoms with van der Waals surface area (Å²) in [6.45, 7) is 2.94. The largest absolute Gasteiger partial charge is 0.327 e. The molecule has 0 spiro atoms. The molecule has 0 saturated carbocycles. The summed E-state index contributed by atoms with van der Waals surface area (Å²) in [6, 6.07) is 7.11. The average Bonchev–Trinajstić information content (AvgIpc) is 3.32. The van der Waals surface area contributed by atoms with Crippen molar-refractivity contribution in [2.45, 2.75) is 19.5 Å². The molecule has 4 heterocycles. The molecule has 146 valence electrons. The lowest BCUT2D eigenvalue weighted by atomic mass is 10.1. The molecule has 0 saturated heterocycles. The number of hydrogen-bond acceptors (Lipinski definition) is 6. The van der Waals surface area contributed by atoms with Crippen LogP contribution in [0.3, 0.4) is 0 Å². The maximum Gasteiger partial charge on any atom is 0.254 e. The second-order valence-corrected chi connectivity index (χ2v) is 8.18. The van der Waals surface area contributed by atoms with Crippen molar-refractivity contribution < 1.29 is 9.18 Å². The quantitative estimate of drug-likeness (QED) is 0.483. The lowest BCUT2D eigenvalue weighted by Gasteiger charge is -2.33. The van der Waals surface area contributed by atoms with Gasteiger partial charge in [0.15, 0.2) is 22.3 Å². The van der Waals surface area contributed by atoms with E-state index >= 15 is 0 Å². The van der Waals surface area contributed by atoms with Crippen molar-refractivity contribution in [3.8, 4) is 10.8 Å². The molecule has 5 rings (SSSR count). The highest BCUT2D eigenvalue weighted by molar-refractivity contribution is 7.21. The Bertz CT molecular complexity index is 1240. The summed E-state index contributed by atoms with van der Waals surface area (Å²) in [5.74, 6) is 0.809. The SMILES string of the molecule is C[C@@H]1c2nnc(-c3nc4ncc(Cl)cc4s3)n2CCN1C(=O)c1ccc(F)cc1. The molecule has 29 heavy (non-hydrogen) atoms. The maximum absolute atomic E-state index is 13.2. The fraction of sp³-hybridized carbons (Fsp3) is 0.211. The lowest BCUT2D eigenvalue weighted by molar-refractivity contribution is 0.0638. The summed E-state index contributed by atoms with van der Waals surface area (Å²) in [4.78, 5) is 23.4. The molecule has 7 nitrogen and oxygen atoms in total. The first-order valence-electron chi connectivity index (χ1n) is 8.93. The number of benzene rings is 1. The van der Waals surface area contributed by atoms with E-state index in [-0.39, 0.29) is 17.8 Å². The standard InChI is InChI=1S/C19H14ClFN6OS/c1-10-16-24-25-17(18-23-15-14(29-18)8-12(20)9-22-15)27(16)7-6-26(10)19(28)11-2-4-13(21)5-3-11/h2-5,8-10H,6-7H2,1H3/t10-/m1/s1. The molecule has 0 aliphatic carbocycles. The van der Waals surface area contributed by atoms with Crippen molar-refractivity contribution in [3.05, 3.63) is 58.8 Å². The summed E-state index contributed by atoms with van der Waals surface area (Å²) >= 11 is 7.47. The number of amides is 1. The van der Waals surface area contributed by atoms with Gasteiger partial charge in [-0.05, 0) is 37.3 Å². The molecule has 1 aliphatic rings. The van der Waals surface area contributed by atoms with Gasteiger partial charge in [-0.2, -0.15) is 0 Å². The molecule has 3 aromatic heterocycles. The first-order valence-corrected chi connectivity index (χ1v) is 10.1. The highest BCUT2D eigenvalue weighted by Crippen LogP contribution is 2.33. The van der Waals surface area contributed by atoms with Crippen LogP contribution in [-0.2, 0) is 6.54 Å². The third-order valence-electron chi connectivity index (χ3n) is 4.94. The molecule has 10 heteroatoms. The normalized spacial score (nSPS) is 16.2. The molecule has 4 aromatic rings. The zero-order valence-corrected chi connectivity index (χ0v) is 16.8. The second kappa shape index (κ2) is 6.85. The number of carbonyl (C=O) groups excluding carboxylic acids is 1. The van der Waals surface area contributed by atoms with Gasteiger partial charge in [-0.25, -0.2) is 14.4 Å². The molecule has 0 bridgehead atoms. The topological polar surface area (TPSA) is 76.8 Å². The van der Waals surface area contributed by atoms with Crippen LogP contribution in [0.15, 0.2) is 36.5 Å². The van der Waals surface area contributed by atoms with Crippen molar-refractivity contribution in [1.82, 2.24) is 29.6 Å². The Morgan fingerprint density at radius 3 is 2.83 bits per heavy atom. The molecule has 0 fully saturated rings. The summed E-state index contributed by atoms with van der Waals surface area (Å²) < 4.78 is 16.0. The molecular weight excluding hydrogens is 415 g/mol. The van der Waals surface area contributed by atoms with Gasteiger partial charge in [-0.1, -0.05) is 11.6 Å². The number of rotatable bonds is 2. The number of thiazole rings is 1. The smallest absolute Gasteiger partial charge is 0.254 e. The lowest BCUT2D eigenvalue weighted by Crippen LogP contribution is -2.41. The minimum atomic E-state index is -0.371. The Labute approximate surface area is 173 Å². The van der Waals surface area contributed by atoms with Crippen LogP contribution in [0, 0.1) is 5.82 Å². The average molecular weight is 429 g/mol. The van der Waals surface area contributed by atoms with Crippen LogP contribution in [0.5, 0.6) is 0 Å². The van der Waals surface area contributed by atoms with Gasteiger partial charge in [0, 0.05) is 24.8 Å². The zero-order chi connectivity index (χ0) is 20.1. The van der Waals surface area contributed by atoms with Crippen molar-refractivity contribution >= 4 is 39.2 Å². The summed E-state index contributed by atoms with van der Waals surface area (Å²) in [5, 5.41) is 9.91. The van der Waals surface area contributed by atoms with Gasteiger partial charge in [0.2, 0.25) is 0 Å². The number of carbonyl (C=O) groups is 1. The predicted octanol–water partition coefficient (Wildman–Crippen LogP) is 3.96. The molecule has 0 radical (unpaired) electrons. The maximum atomic E-state index is 13.2. The Morgan fingerprint density at radius 1 is 1.24 bits per heavy atom. The molecule has 1 aromatic carbocycles. The molecule has 1 amide bonds. The van der Waals surface area contributed by atoms with E-state index in [4.69, 9.17) is 11.6 Å². The number of fused-ring (bicyclic) bond motifs is 2. The molecular formula is C19H14ClFN6OS. The van der Waals surface area contributed by atoms with Crippen molar-refractivity contribution in [1.29, 1.82) is 0 Å². The van der Waals surface area contributed by atoms with Crippen LogP contribution in [0.2, 0.25) is 5.02 Å². The van der Waals surface area contributed by atoms with Crippen molar-refractivity contribution in [2.24, 2.45) is 0 Å². The Morgan fingerprint density at radius 2 is 2.03 bits per heavy atom. The summed E-state index contributed by atoms with van der Waals surface area (Å²) in [7, 11) is 0. The van der Waals surface area contributed by atoms with E-state index in [1.54, 1.807) is 11.1 Å². The first-order chi connectivity index (χ1) is 14.0. The minimum absolute atomic E-state index is 0.160. The fourth-order valence-corrected chi connectivity index (χ4v) is 4.65. The Balaban J connectivity index is 1.47. The zero-order valence-electron chi connectivity index (χ0n) is 15.2. The predicted molar refractivity (Wildman–Crippen MR) is 107 cm³/mol. The highest BCUT2D eigenvalue weighted by atomic mass is 35.5. The van der Waals surface area contributed by atoms with Gasteiger partial charge in [0.05, 0.1) is 15.8 Å². The van der Waals surface area contributed by atoms with Gasteiger partial charge in [-0.15, -0.1) is 21.5 Å². The summed E-state index contributed by atoms with van der Waals surface area (Å²) in [5.41, 5.74) is 1.06. The van der Waals surface area contributed by atoms with E-state index in [1.807, 2.05) is 17.6 Å². The third-order valence-corrected chi connectivity index (χ3v) is 6.14. The summed E-state index contributed by atoms with van der Waals surface area (Å²) in [6.07, 6.45) is 1.56. The van der Waals surface area contributed by atoms with Gasteiger partial charge < -0.3 is 9.47 Å². The molecule has 1 aliphatic heterocycles. The van der Waals surface area contributed by atoms with Crippen LogP contribution in [0.4, 0.5) is 4.39 Å². The van der Waals surface area contributed by atoms with E-state index in [9.17, 15) is 9.18 Å². The molecule has 1 atom stereocenters. The molecule has 0 unspecified atom stereocenters. The number of aromatic nitrogens is 5. The van der Waals surface area contributed by atoms with Crippen molar-refractivity contribution in [3.63, 3.8) is 0 Å². The van der Waals surface area contributed by atoms with E-state index in [0.717, 1.165) is 4.70 Å². The van der Waals surface area contributed by atoms with Gasteiger partial charge in [0.25, 0.3) is 5.91 Å². The van der Waals surface area contributed by atoms with Crippen LogP contribution >= 0.6 is 22.9 Å². The van der Waals surface area contributed by atoms with E-state index in [0.29, 0.717) is 46.0 Å². The van der Waals surface area contributed by atoms with Gasteiger partial charge in [0.1, 0.15) is 5.82 Å². The second-order valence-electron chi connectivity index (χ2n) is 6.71. The highest BCUT2D eigenvalue weighted by Gasteiger charge is 2.32. The third kappa shape index (κ3) is 3.06. The van der Waals surface area contributed by atoms with E-state index in [2.05, 4.69) is 20.2 Å². The van der Waals surface area contributed by atoms with Crippen LogP contribution in [0.25, 0.3) is 21.2 Å². The number of halogens is 2. The van der Waals surface area contributed by atoms with Crippen LogP contribution < -0.4 is 0 Å². The number of nitrogens with zero attached hydrogens (tertiary/aromatic N) is 6. The Kier molecular flexibility index (Phi) is 4.29. The number of hydrogen-bond donors (Lipinski definition) is 0. The first kappa shape index (κ1) is 18.1. The fourth-order valence-electron chi connectivity index (χ4n) is 3.47. The Hall–Kier alpha value is -2.91. The number of pyridine rings is 1. The molecule has 0 N–H and O–H groups in total. The van der Waals surface area contributed by atoms with Crippen LogP contribution in [-0.4, -0.2) is 42.1 Å². The van der Waals surface area contributed by atoms with E-state index in [1.165, 1.54) is 35.6 Å². The minimum Gasteiger partial charge on any atom is -0.327 e. The monoisotopic (exact) mass is 428 g/mol. The van der Waals surface area contributed by atoms with Crippen LogP contribution in [0.1, 0.15) is 29.1 Å². The van der Waals surface area contributed by atoms with Gasteiger partial charge >= 0.3 is 0 Å². The van der Waals surface area contributed by atoms with Crippen molar-refractivity contribution in [2.75, 3.05) is 6.54 Å². The van der Waals surface area contributed by atoms with E-state index < -0.39 is 0 Å².